The van der Waals surface area contributed by atoms with E-state index in [1.165, 1.54) is 0 Å². The maximum Gasteiger partial charge on any atom is 0.125 e. The molecule has 1 aliphatic rings. The van der Waals surface area contributed by atoms with Gasteiger partial charge in [0.15, 0.2) is 0 Å². The van der Waals surface area contributed by atoms with E-state index >= 15 is 0 Å². The second-order valence-corrected chi connectivity index (χ2v) is 2.47. The van der Waals surface area contributed by atoms with Crippen LogP contribution in [0, 0.1) is 5.92 Å². The van der Waals surface area contributed by atoms with E-state index in [0.717, 1.165) is 32.2 Å². The molecule has 2 nitrogen and oxygen atoms in total. The van der Waals surface area contributed by atoms with Crippen LogP contribution >= 0.6 is 0 Å². The van der Waals surface area contributed by atoms with Crippen molar-refractivity contribution in [1.29, 1.82) is 0 Å². The fourth-order valence-electron chi connectivity index (χ4n) is 1.04. The lowest BCUT2D eigenvalue weighted by Gasteiger charge is -2.02. The quantitative estimate of drug-likeness (QED) is 0.492. The van der Waals surface area contributed by atoms with E-state index in [-0.39, 0.29) is 5.92 Å². The van der Waals surface area contributed by atoms with Gasteiger partial charge in [-0.1, -0.05) is 6.42 Å². The van der Waals surface area contributed by atoms with Gasteiger partial charge in [-0.25, -0.2) is 0 Å². The highest BCUT2D eigenvalue weighted by Gasteiger charge is 2.09. The third-order valence-electron chi connectivity index (χ3n) is 1.64. The topological polar surface area (TPSA) is 26.3 Å². The second-order valence-electron chi connectivity index (χ2n) is 2.47. The van der Waals surface area contributed by atoms with Crippen molar-refractivity contribution in [1.82, 2.24) is 0 Å². The standard InChI is InChI=1S/C7H12O2/c8-5-7-3-1-2-4-9-6-7/h5,7H,1-4,6H2. The summed E-state index contributed by atoms with van der Waals surface area (Å²) in [5.74, 6) is 0.174. The van der Waals surface area contributed by atoms with Crippen LogP contribution < -0.4 is 0 Å². The van der Waals surface area contributed by atoms with Crippen molar-refractivity contribution >= 4 is 6.29 Å². The Kier molecular flexibility index (Phi) is 2.71. The maximum absolute atomic E-state index is 10.2. The molecule has 1 heterocycles. The lowest BCUT2D eigenvalue weighted by molar-refractivity contribution is -0.112. The van der Waals surface area contributed by atoms with Gasteiger partial charge in [-0.2, -0.15) is 0 Å². The number of hydrogen-bond donors (Lipinski definition) is 0. The normalized spacial score (nSPS) is 29.1. The molecule has 52 valence electrons. The van der Waals surface area contributed by atoms with Gasteiger partial charge in [0, 0.05) is 12.5 Å². The van der Waals surface area contributed by atoms with Gasteiger partial charge >= 0.3 is 0 Å². The molecule has 0 saturated carbocycles. The zero-order valence-electron chi connectivity index (χ0n) is 5.51. The summed E-state index contributed by atoms with van der Waals surface area (Å²) in [5.41, 5.74) is 0. The van der Waals surface area contributed by atoms with Gasteiger partial charge < -0.3 is 9.53 Å². The van der Waals surface area contributed by atoms with E-state index < -0.39 is 0 Å². The summed E-state index contributed by atoms with van der Waals surface area (Å²) in [5, 5.41) is 0. The average molecular weight is 128 g/mol. The molecule has 9 heavy (non-hydrogen) atoms. The number of carbonyl (C=O) groups is 1. The van der Waals surface area contributed by atoms with E-state index in [1.54, 1.807) is 0 Å². The number of carbonyl (C=O) groups excluding carboxylic acids is 1. The minimum atomic E-state index is 0.174. The Bertz CT molecular complexity index is 82.9. The monoisotopic (exact) mass is 128 g/mol. The molecule has 1 rings (SSSR count). The van der Waals surface area contributed by atoms with Gasteiger partial charge in [-0.3, -0.25) is 0 Å². The van der Waals surface area contributed by atoms with Crippen LogP contribution in [0.4, 0.5) is 0 Å². The van der Waals surface area contributed by atoms with Crippen LogP contribution in [0.1, 0.15) is 19.3 Å². The lowest BCUT2D eigenvalue weighted by Crippen LogP contribution is -2.07. The first-order chi connectivity index (χ1) is 4.43. The van der Waals surface area contributed by atoms with E-state index in [0.29, 0.717) is 6.61 Å². The fraction of sp³-hybridized carbons (Fsp3) is 0.857. The molecule has 0 amide bonds. The van der Waals surface area contributed by atoms with Crippen LogP contribution in [0.3, 0.4) is 0 Å². The van der Waals surface area contributed by atoms with Gasteiger partial charge in [-0.15, -0.1) is 0 Å². The maximum atomic E-state index is 10.2. The van der Waals surface area contributed by atoms with Crippen molar-refractivity contribution < 1.29 is 9.53 Å². The van der Waals surface area contributed by atoms with E-state index in [1.807, 2.05) is 0 Å². The van der Waals surface area contributed by atoms with Crippen molar-refractivity contribution in [3.63, 3.8) is 0 Å². The molecule has 0 spiro atoms. The van der Waals surface area contributed by atoms with Gasteiger partial charge in [0.1, 0.15) is 6.29 Å². The smallest absolute Gasteiger partial charge is 0.125 e. The Hall–Kier alpha value is -0.370. The molecule has 0 N–H and O–H groups in total. The summed E-state index contributed by atoms with van der Waals surface area (Å²) in [7, 11) is 0. The second kappa shape index (κ2) is 3.62. The Balaban J connectivity index is 2.26. The van der Waals surface area contributed by atoms with Gasteiger partial charge in [0.2, 0.25) is 0 Å². The SMILES string of the molecule is O=CC1CCCCOC1. The number of aldehydes is 1. The predicted molar refractivity (Wildman–Crippen MR) is 34.2 cm³/mol. The fourth-order valence-corrected chi connectivity index (χ4v) is 1.04. The van der Waals surface area contributed by atoms with E-state index in [2.05, 4.69) is 0 Å². The highest BCUT2D eigenvalue weighted by atomic mass is 16.5. The van der Waals surface area contributed by atoms with Crippen molar-refractivity contribution in [3.8, 4) is 0 Å². The van der Waals surface area contributed by atoms with Crippen molar-refractivity contribution in [2.45, 2.75) is 19.3 Å². The molecule has 1 saturated heterocycles. The van der Waals surface area contributed by atoms with E-state index in [9.17, 15) is 4.79 Å². The van der Waals surface area contributed by atoms with Gasteiger partial charge in [0.25, 0.3) is 0 Å². The van der Waals surface area contributed by atoms with E-state index in [4.69, 9.17) is 4.74 Å². The third kappa shape index (κ3) is 2.14. The van der Waals surface area contributed by atoms with Crippen LogP contribution in [0.2, 0.25) is 0 Å². The summed E-state index contributed by atoms with van der Waals surface area (Å²) >= 11 is 0. The molecule has 1 atom stereocenters. The Morgan fingerprint density at radius 3 is 3.11 bits per heavy atom. The van der Waals surface area contributed by atoms with Crippen LogP contribution in [0.25, 0.3) is 0 Å². The molecule has 0 aromatic carbocycles. The minimum absolute atomic E-state index is 0.174. The van der Waals surface area contributed by atoms with Crippen LogP contribution in [-0.2, 0) is 9.53 Å². The van der Waals surface area contributed by atoms with Gasteiger partial charge in [0.05, 0.1) is 6.61 Å². The van der Waals surface area contributed by atoms with Crippen molar-refractivity contribution in [2.24, 2.45) is 5.92 Å². The molecule has 1 unspecified atom stereocenters. The Morgan fingerprint density at radius 1 is 1.44 bits per heavy atom. The number of ether oxygens (including phenoxy) is 1. The zero-order chi connectivity index (χ0) is 6.53. The first kappa shape index (κ1) is 6.75. The molecule has 1 aliphatic heterocycles. The first-order valence-corrected chi connectivity index (χ1v) is 3.46. The number of hydrogen-bond acceptors (Lipinski definition) is 2. The Labute approximate surface area is 55.2 Å². The van der Waals surface area contributed by atoms with Crippen LogP contribution in [0.15, 0.2) is 0 Å². The lowest BCUT2D eigenvalue weighted by atomic mass is 10.1. The molecule has 0 radical (unpaired) electrons. The highest BCUT2D eigenvalue weighted by molar-refractivity contribution is 5.53. The Morgan fingerprint density at radius 2 is 2.33 bits per heavy atom. The molecule has 0 aromatic heterocycles. The van der Waals surface area contributed by atoms with Gasteiger partial charge in [-0.05, 0) is 12.8 Å². The minimum Gasteiger partial charge on any atom is -0.381 e. The highest BCUT2D eigenvalue weighted by Crippen LogP contribution is 2.10. The third-order valence-corrected chi connectivity index (χ3v) is 1.64. The molecule has 1 fully saturated rings. The predicted octanol–water partition coefficient (Wildman–Crippen LogP) is 1.00. The molecule has 0 aliphatic carbocycles. The molecule has 0 bridgehead atoms. The molecular weight excluding hydrogens is 116 g/mol. The first-order valence-electron chi connectivity index (χ1n) is 3.46. The van der Waals surface area contributed by atoms with Crippen molar-refractivity contribution in [3.05, 3.63) is 0 Å². The molecule has 2 heteroatoms. The molecule has 0 aromatic rings. The summed E-state index contributed by atoms with van der Waals surface area (Å²) < 4.78 is 5.17. The summed E-state index contributed by atoms with van der Waals surface area (Å²) in [6.07, 6.45) is 4.28. The van der Waals surface area contributed by atoms with Crippen LogP contribution in [-0.4, -0.2) is 19.5 Å². The zero-order valence-corrected chi connectivity index (χ0v) is 5.51. The average Bonchev–Trinajstić information content (AvgIpc) is 2.13. The summed E-state index contributed by atoms with van der Waals surface area (Å²) in [6, 6.07) is 0. The molecular formula is C7H12O2. The largest absolute Gasteiger partial charge is 0.381 e. The number of rotatable bonds is 1. The summed E-state index contributed by atoms with van der Waals surface area (Å²) in [6.45, 7) is 1.48. The van der Waals surface area contributed by atoms with Crippen LogP contribution in [0.5, 0.6) is 0 Å². The summed E-state index contributed by atoms with van der Waals surface area (Å²) in [4.78, 5) is 10.2. The van der Waals surface area contributed by atoms with Crippen molar-refractivity contribution in [2.75, 3.05) is 13.2 Å².